The summed E-state index contributed by atoms with van der Waals surface area (Å²) < 4.78 is 5.37. The molecule has 0 atom stereocenters. The van der Waals surface area contributed by atoms with E-state index in [4.69, 9.17) is 9.84 Å². The fraction of sp³-hybridized carbons (Fsp3) is 0.211. The minimum Gasteiger partial charge on any atom is -0.507 e. The molecular weight excluding hydrogens is 338 g/mol. The third-order valence-electron chi connectivity index (χ3n) is 3.75. The number of amides is 1. The average Bonchev–Trinajstić information content (AvgIpc) is 2.59. The van der Waals surface area contributed by atoms with Gasteiger partial charge in [-0.3, -0.25) is 9.59 Å². The molecule has 26 heavy (non-hydrogen) atoms. The van der Waals surface area contributed by atoms with Gasteiger partial charge in [0, 0.05) is 0 Å². The van der Waals surface area contributed by atoms with Crippen LogP contribution in [0.1, 0.15) is 40.1 Å². The number of nitrogens with one attached hydrogen (secondary N) is 1. The molecule has 2 aromatic carbocycles. The molecule has 3 N–H and O–H groups in total. The van der Waals surface area contributed by atoms with Crippen molar-refractivity contribution in [3.8, 4) is 11.5 Å². The molecule has 7 heteroatoms. The summed E-state index contributed by atoms with van der Waals surface area (Å²) in [6.07, 6.45) is 0.541. The number of ketones is 1. The van der Waals surface area contributed by atoms with Crippen LogP contribution >= 0.6 is 0 Å². The first-order chi connectivity index (χ1) is 12.3. The van der Waals surface area contributed by atoms with Crippen molar-refractivity contribution in [3.63, 3.8) is 0 Å². The first-order valence-corrected chi connectivity index (χ1v) is 7.95. The molecule has 7 nitrogen and oxygen atoms in total. The summed E-state index contributed by atoms with van der Waals surface area (Å²) in [5.74, 6) is -2.21. The number of carbonyl (C=O) groups excluding carboxylic acids is 2. The van der Waals surface area contributed by atoms with Crippen molar-refractivity contribution in [1.82, 2.24) is 0 Å². The number of ether oxygens (including phenoxy) is 1. The van der Waals surface area contributed by atoms with Gasteiger partial charge in [0.25, 0.3) is 5.91 Å². The normalized spacial score (nSPS) is 10.2. The summed E-state index contributed by atoms with van der Waals surface area (Å²) in [4.78, 5) is 35.0. The highest BCUT2D eigenvalue weighted by atomic mass is 16.5. The van der Waals surface area contributed by atoms with Gasteiger partial charge >= 0.3 is 5.97 Å². The molecule has 0 aliphatic carbocycles. The van der Waals surface area contributed by atoms with Crippen molar-refractivity contribution in [2.24, 2.45) is 0 Å². The second kappa shape index (κ2) is 8.15. The van der Waals surface area contributed by atoms with Gasteiger partial charge < -0.3 is 20.3 Å². The van der Waals surface area contributed by atoms with Gasteiger partial charge in [0.05, 0.1) is 11.3 Å². The average molecular weight is 357 g/mol. The number of phenolic OH excluding ortho intramolecular Hbond substituents is 1. The lowest BCUT2D eigenvalue weighted by Crippen LogP contribution is -2.22. The summed E-state index contributed by atoms with van der Waals surface area (Å²) in [5, 5.41) is 21.7. The SMILES string of the molecule is CCc1ccc(OCC(=O)Nc2ccccc2C(=O)O)c(C(C)=O)c1O. The maximum Gasteiger partial charge on any atom is 0.337 e. The Labute approximate surface area is 150 Å². The molecule has 1 amide bonds. The molecule has 0 fully saturated rings. The number of aromatic hydroxyl groups is 1. The number of anilines is 1. The van der Waals surface area contributed by atoms with Crippen molar-refractivity contribution >= 4 is 23.3 Å². The fourth-order valence-electron chi connectivity index (χ4n) is 2.47. The van der Waals surface area contributed by atoms with Crippen LogP contribution in [-0.2, 0) is 11.2 Å². The second-order valence-electron chi connectivity index (χ2n) is 5.54. The lowest BCUT2D eigenvalue weighted by atomic mass is 10.0. The fourth-order valence-corrected chi connectivity index (χ4v) is 2.47. The highest BCUT2D eigenvalue weighted by molar-refractivity contribution is 6.02. The van der Waals surface area contributed by atoms with E-state index in [9.17, 15) is 19.5 Å². The molecule has 0 saturated carbocycles. The Morgan fingerprint density at radius 3 is 2.42 bits per heavy atom. The monoisotopic (exact) mass is 357 g/mol. The topological polar surface area (TPSA) is 113 Å². The van der Waals surface area contributed by atoms with Gasteiger partial charge in [0.2, 0.25) is 0 Å². The van der Waals surface area contributed by atoms with Gasteiger partial charge in [-0.15, -0.1) is 0 Å². The Hall–Kier alpha value is -3.35. The molecular formula is C19H19NO6. The predicted octanol–water partition coefficient (Wildman–Crippen LogP) is 2.87. The molecule has 0 spiro atoms. The Morgan fingerprint density at radius 1 is 1.12 bits per heavy atom. The summed E-state index contributed by atoms with van der Waals surface area (Å²) in [7, 11) is 0. The van der Waals surface area contributed by atoms with Crippen molar-refractivity contribution in [2.75, 3.05) is 11.9 Å². The molecule has 0 aliphatic rings. The molecule has 2 rings (SSSR count). The molecule has 0 heterocycles. The maximum atomic E-state index is 12.1. The van der Waals surface area contributed by atoms with Crippen molar-refractivity contribution in [2.45, 2.75) is 20.3 Å². The summed E-state index contributed by atoms with van der Waals surface area (Å²) >= 11 is 0. The number of Topliss-reactive ketones (excluding diaryl/α,β-unsaturated/α-hetero) is 1. The van der Waals surface area contributed by atoms with Crippen molar-refractivity contribution < 1.29 is 29.3 Å². The van der Waals surface area contributed by atoms with E-state index in [0.29, 0.717) is 12.0 Å². The number of aryl methyl sites for hydroxylation is 1. The zero-order valence-corrected chi connectivity index (χ0v) is 14.4. The van der Waals surface area contributed by atoms with Gasteiger partial charge in [0.1, 0.15) is 17.1 Å². The second-order valence-corrected chi connectivity index (χ2v) is 5.54. The molecule has 136 valence electrons. The smallest absolute Gasteiger partial charge is 0.337 e. The lowest BCUT2D eigenvalue weighted by Gasteiger charge is -2.14. The molecule has 0 aliphatic heterocycles. The highest BCUT2D eigenvalue weighted by Gasteiger charge is 2.18. The van der Waals surface area contributed by atoms with E-state index in [0.717, 1.165) is 0 Å². The molecule has 0 saturated heterocycles. The number of aromatic carboxylic acids is 1. The van der Waals surface area contributed by atoms with E-state index in [1.807, 2.05) is 6.92 Å². The number of benzene rings is 2. The largest absolute Gasteiger partial charge is 0.507 e. The molecule has 0 unspecified atom stereocenters. The van der Waals surface area contributed by atoms with Gasteiger partial charge in [0.15, 0.2) is 12.4 Å². The number of para-hydroxylation sites is 1. The summed E-state index contributed by atoms with van der Waals surface area (Å²) in [5.41, 5.74) is 0.713. The van der Waals surface area contributed by atoms with Crippen molar-refractivity contribution in [3.05, 3.63) is 53.1 Å². The number of carbonyl (C=O) groups is 3. The molecule has 2 aromatic rings. The highest BCUT2D eigenvalue weighted by Crippen LogP contribution is 2.32. The predicted molar refractivity (Wildman–Crippen MR) is 95.0 cm³/mol. The number of carboxylic acids is 1. The zero-order chi connectivity index (χ0) is 19.3. The van der Waals surface area contributed by atoms with Gasteiger partial charge in [-0.1, -0.05) is 25.1 Å². The van der Waals surface area contributed by atoms with Crippen LogP contribution in [-0.4, -0.2) is 34.5 Å². The van der Waals surface area contributed by atoms with Gasteiger partial charge in [-0.05, 0) is 37.1 Å². The van der Waals surface area contributed by atoms with E-state index in [1.54, 1.807) is 18.2 Å². The summed E-state index contributed by atoms with van der Waals surface area (Å²) in [6, 6.07) is 9.12. The van der Waals surface area contributed by atoms with Crippen LogP contribution in [0.5, 0.6) is 11.5 Å². The van der Waals surface area contributed by atoms with Gasteiger partial charge in [-0.25, -0.2) is 4.79 Å². The zero-order valence-electron chi connectivity index (χ0n) is 14.4. The first-order valence-electron chi connectivity index (χ1n) is 7.95. The lowest BCUT2D eigenvalue weighted by molar-refractivity contribution is -0.118. The molecule has 0 bridgehead atoms. The van der Waals surface area contributed by atoms with E-state index in [2.05, 4.69) is 5.32 Å². The maximum absolute atomic E-state index is 12.1. The Morgan fingerprint density at radius 2 is 1.81 bits per heavy atom. The Bertz CT molecular complexity index is 859. The standard InChI is InChI=1S/C19H19NO6/c1-3-12-8-9-15(17(11(2)21)18(12)23)26-10-16(22)20-14-7-5-4-6-13(14)19(24)25/h4-9,23H,3,10H2,1-2H3,(H,20,22)(H,24,25). The van der Waals surface area contributed by atoms with E-state index in [-0.39, 0.29) is 34.1 Å². The minimum atomic E-state index is -1.17. The third kappa shape index (κ3) is 4.18. The molecule has 0 radical (unpaired) electrons. The van der Waals surface area contributed by atoms with E-state index < -0.39 is 18.5 Å². The van der Waals surface area contributed by atoms with Crippen LogP contribution < -0.4 is 10.1 Å². The van der Waals surface area contributed by atoms with Crippen LogP contribution in [0.4, 0.5) is 5.69 Å². The molecule has 0 aromatic heterocycles. The van der Waals surface area contributed by atoms with Crippen LogP contribution in [0.3, 0.4) is 0 Å². The van der Waals surface area contributed by atoms with Crippen LogP contribution in [0.2, 0.25) is 0 Å². The van der Waals surface area contributed by atoms with Crippen LogP contribution in [0.25, 0.3) is 0 Å². The Balaban J connectivity index is 2.15. The number of hydrogen-bond donors (Lipinski definition) is 3. The Kier molecular flexibility index (Phi) is 5.95. The van der Waals surface area contributed by atoms with Gasteiger partial charge in [-0.2, -0.15) is 0 Å². The number of carboxylic acid groups (broad SMARTS) is 1. The summed E-state index contributed by atoms with van der Waals surface area (Å²) in [6.45, 7) is 2.69. The quantitative estimate of drug-likeness (QED) is 0.657. The number of rotatable bonds is 7. The number of hydrogen-bond acceptors (Lipinski definition) is 5. The number of phenols is 1. The third-order valence-corrected chi connectivity index (χ3v) is 3.75. The van der Waals surface area contributed by atoms with E-state index >= 15 is 0 Å². The van der Waals surface area contributed by atoms with Crippen molar-refractivity contribution in [1.29, 1.82) is 0 Å². The first kappa shape index (κ1) is 19.0. The minimum absolute atomic E-state index is 0.0167. The van der Waals surface area contributed by atoms with Crippen LogP contribution in [0, 0.1) is 0 Å². The van der Waals surface area contributed by atoms with Crippen LogP contribution in [0.15, 0.2) is 36.4 Å². The van der Waals surface area contributed by atoms with E-state index in [1.165, 1.54) is 25.1 Å².